The van der Waals surface area contributed by atoms with E-state index in [-0.39, 0.29) is 11.5 Å². The first-order chi connectivity index (χ1) is 8.25. The molecule has 0 unspecified atom stereocenters. The molecule has 84 valence electrons. The Hall–Kier alpha value is -2.49. The highest BCUT2D eigenvalue weighted by Gasteiger charge is 2.11. The molecule has 4 heteroatoms. The highest BCUT2D eigenvalue weighted by atomic mass is 16.3. The van der Waals surface area contributed by atoms with Crippen LogP contribution in [0.15, 0.2) is 42.5 Å². The smallest absolute Gasteiger partial charge is 0.125 e. The fourth-order valence-corrected chi connectivity index (χ4v) is 1.89. The Morgan fingerprint density at radius 1 is 1.00 bits per heavy atom. The number of hydrogen-bond acceptors (Lipinski definition) is 3. The van der Waals surface area contributed by atoms with Gasteiger partial charge in [0.15, 0.2) is 0 Å². The van der Waals surface area contributed by atoms with Gasteiger partial charge in [0.25, 0.3) is 0 Å². The van der Waals surface area contributed by atoms with Gasteiger partial charge in [-0.15, -0.1) is 0 Å². The second-order valence-electron chi connectivity index (χ2n) is 3.82. The molecule has 0 amide bonds. The van der Waals surface area contributed by atoms with E-state index in [0.29, 0.717) is 11.3 Å². The van der Waals surface area contributed by atoms with Crippen molar-refractivity contribution in [2.45, 2.75) is 0 Å². The summed E-state index contributed by atoms with van der Waals surface area (Å²) in [5.74, 6) is 0.374. The monoisotopic (exact) mass is 226 g/mol. The predicted molar refractivity (Wildman–Crippen MR) is 64.9 cm³/mol. The number of aromatic amines is 1. The minimum atomic E-state index is 0.185. The number of rotatable bonds is 1. The largest absolute Gasteiger partial charge is 0.508 e. The number of nitrogens with one attached hydrogen (secondary N) is 1. The van der Waals surface area contributed by atoms with Crippen molar-refractivity contribution in [2.75, 3.05) is 0 Å². The van der Waals surface area contributed by atoms with Crippen molar-refractivity contribution in [1.29, 1.82) is 0 Å². The van der Waals surface area contributed by atoms with Crippen LogP contribution in [0.3, 0.4) is 0 Å². The van der Waals surface area contributed by atoms with Gasteiger partial charge in [-0.3, -0.25) is 5.10 Å². The van der Waals surface area contributed by atoms with Crippen molar-refractivity contribution >= 4 is 10.9 Å². The van der Waals surface area contributed by atoms with Gasteiger partial charge in [0, 0.05) is 17.0 Å². The Bertz CT molecular complexity index is 689. The number of phenolic OH excluding ortho intramolecular Hbond substituents is 2. The molecular formula is C13H10N2O2. The van der Waals surface area contributed by atoms with Crippen molar-refractivity contribution in [3.63, 3.8) is 0 Å². The van der Waals surface area contributed by atoms with E-state index < -0.39 is 0 Å². The number of aromatic nitrogens is 2. The maximum absolute atomic E-state index is 9.79. The molecule has 17 heavy (non-hydrogen) atoms. The average molecular weight is 226 g/mol. The van der Waals surface area contributed by atoms with Crippen LogP contribution in [0.5, 0.6) is 11.5 Å². The zero-order chi connectivity index (χ0) is 11.8. The van der Waals surface area contributed by atoms with Gasteiger partial charge in [-0.1, -0.05) is 12.1 Å². The van der Waals surface area contributed by atoms with Crippen molar-refractivity contribution in [1.82, 2.24) is 10.2 Å². The molecule has 3 rings (SSSR count). The Labute approximate surface area is 97.2 Å². The molecule has 3 N–H and O–H groups in total. The van der Waals surface area contributed by atoms with Gasteiger partial charge in [0.2, 0.25) is 0 Å². The summed E-state index contributed by atoms with van der Waals surface area (Å²) in [5.41, 5.74) is 2.09. The first kappa shape index (κ1) is 9.72. The van der Waals surface area contributed by atoms with Crippen LogP contribution >= 0.6 is 0 Å². The summed E-state index contributed by atoms with van der Waals surface area (Å²) < 4.78 is 0. The van der Waals surface area contributed by atoms with Crippen LogP contribution in [0.25, 0.3) is 22.2 Å². The van der Waals surface area contributed by atoms with Crippen LogP contribution in [-0.2, 0) is 0 Å². The summed E-state index contributed by atoms with van der Waals surface area (Å²) in [5, 5.41) is 27.0. The van der Waals surface area contributed by atoms with E-state index in [4.69, 9.17) is 0 Å². The summed E-state index contributed by atoms with van der Waals surface area (Å²) >= 11 is 0. The molecule has 3 aromatic rings. The van der Waals surface area contributed by atoms with Gasteiger partial charge in [0.05, 0.1) is 5.52 Å². The number of phenols is 2. The molecule has 0 saturated heterocycles. The summed E-state index contributed by atoms with van der Waals surface area (Å²) in [6.45, 7) is 0. The van der Waals surface area contributed by atoms with Crippen molar-refractivity contribution in [2.24, 2.45) is 0 Å². The van der Waals surface area contributed by atoms with Crippen LogP contribution in [0.1, 0.15) is 0 Å². The summed E-state index contributed by atoms with van der Waals surface area (Å²) in [7, 11) is 0. The summed E-state index contributed by atoms with van der Waals surface area (Å²) in [6, 6.07) is 12.0. The summed E-state index contributed by atoms with van der Waals surface area (Å²) in [4.78, 5) is 0. The molecule has 2 aromatic carbocycles. The molecular weight excluding hydrogens is 216 g/mol. The normalized spacial score (nSPS) is 10.8. The second kappa shape index (κ2) is 3.52. The summed E-state index contributed by atoms with van der Waals surface area (Å²) in [6.07, 6.45) is 0. The molecule has 0 spiro atoms. The Morgan fingerprint density at radius 2 is 1.82 bits per heavy atom. The second-order valence-corrected chi connectivity index (χ2v) is 3.82. The van der Waals surface area contributed by atoms with E-state index in [9.17, 15) is 10.2 Å². The molecule has 0 aliphatic carbocycles. The van der Waals surface area contributed by atoms with Crippen LogP contribution in [0.2, 0.25) is 0 Å². The Morgan fingerprint density at radius 3 is 2.65 bits per heavy atom. The minimum absolute atomic E-state index is 0.185. The average Bonchev–Trinajstić information content (AvgIpc) is 2.72. The maximum atomic E-state index is 9.79. The van der Waals surface area contributed by atoms with E-state index in [1.807, 2.05) is 6.07 Å². The van der Waals surface area contributed by atoms with E-state index in [2.05, 4.69) is 10.2 Å². The number of benzene rings is 2. The van der Waals surface area contributed by atoms with Crippen LogP contribution < -0.4 is 0 Å². The lowest BCUT2D eigenvalue weighted by Gasteiger charge is -2.00. The lowest BCUT2D eigenvalue weighted by molar-refractivity contribution is 0.476. The highest BCUT2D eigenvalue weighted by molar-refractivity contribution is 5.94. The van der Waals surface area contributed by atoms with Gasteiger partial charge < -0.3 is 10.2 Å². The molecule has 0 atom stereocenters. The number of hydrogen-bond donors (Lipinski definition) is 3. The standard InChI is InChI=1S/C13H10N2O2/c16-8-5-6-9-11(7-8)14-15-13(9)10-3-1-2-4-12(10)17/h1-7,16-17H,(H,14,15). The molecule has 0 aliphatic heterocycles. The molecule has 0 fully saturated rings. The Balaban J connectivity index is 2.29. The SMILES string of the molecule is Oc1ccc2c(-c3ccccc3O)n[nH]c2c1. The van der Waals surface area contributed by atoms with Gasteiger partial charge in [-0.05, 0) is 24.3 Å². The number of aromatic hydroxyl groups is 2. The third-order valence-corrected chi connectivity index (χ3v) is 2.71. The molecule has 4 nitrogen and oxygen atoms in total. The van der Waals surface area contributed by atoms with Gasteiger partial charge >= 0.3 is 0 Å². The van der Waals surface area contributed by atoms with E-state index in [1.165, 1.54) is 0 Å². The molecule has 0 aliphatic rings. The fraction of sp³-hybridized carbons (Fsp3) is 0. The topological polar surface area (TPSA) is 69.1 Å². The van der Waals surface area contributed by atoms with Gasteiger partial charge in [0.1, 0.15) is 17.2 Å². The van der Waals surface area contributed by atoms with Crippen LogP contribution in [-0.4, -0.2) is 20.4 Å². The number of fused-ring (bicyclic) bond motifs is 1. The van der Waals surface area contributed by atoms with Crippen LogP contribution in [0.4, 0.5) is 0 Å². The fourth-order valence-electron chi connectivity index (χ4n) is 1.89. The third-order valence-electron chi connectivity index (χ3n) is 2.71. The lowest BCUT2D eigenvalue weighted by atomic mass is 10.1. The van der Waals surface area contributed by atoms with E-state index in [1.54, 1.807) is 36.4 Å². The number of para-hydroxylation sites is 1. The minimum Gasteiger partial charge on any atom is -0.508 e. The van der Waals surface area contributed by atoms with E-state index in [0.717, 1.165) is 10.9 Å². The molecule has 1 aromatic heterocycles. The zero-order valence-corrected chi connectivity index (χ0v) is 8.88. The van der Waals surface area contributed by atoms with Crippen molar-refractivity contribution < 1.29 is 10.2 Å². The quantitative estimate of drug-likeness (QED) is 0.597. The lowest BCUT2D eigenvalue weighted by Crippen LogP contribution is -1.79. The Kier molecular flexibility index (Phi) is 2.01. The predicted octanol–water partition coefficient (Wildman–Crippen LogP) is 2.64. The maximum Gasteiger partial charge on any atom is 0.125 e. The van der Waals surface area contributed by atoms with Gasteiger partial charge in [-0.25, -0.2) is 0 Å². The van der Waals surface area contributed by atoms with E-state index >= 15 is 0 Å². The van der Waals surface area contributed by atoms with Crippen LogP contribution in [0, 0.1) is 0 Å². The zero-order valence-electron chi connectivity index (χ0n) is 8.88. The highest BCUT2D eigenvalue weighted by Crippen LogP contribution is 2.33. The molecule has 0 bridgehead atoms. The first-order valence-electron chi connectivity index (χ1n) is 5.21. The molecule has 0 saturated carbocycles. The van der Waals surface area contributed by atoms with Crippen molar-refractivity contribution in [3.05, 3.63) is 42.5 Å². The van der Waals surface area contributed by atoms with Gasteiger partial charge in [-0.2, -0.15) is 5.10 Å². The molecule has 1 heterocycles. The third kappa shape index (κ3) is 1.50. The first-order valence-corrected chi connectivity index (χ1v) is 5.21. The number of H-pyrrole nitrogens is 1. The van der Waals surface area contributed by atoms with Crippen molar-refractivity contribution in [3.8, 4) is 22.8 Å². The number of nitrogens with zero attached hydrogens (tertiary/aromatic N) is 1. The molecule has 0 radical (unpaired) electrons.